The van der Waals surface area contributed by atoms with Crippen LogP contribution < -0.4 is 9.64 Å². The van der Waals surface area contributed by atoms with E-state index in [1.54, 1.807) is 18.4 Å². The van der Waals surface area contributed by atoms with Crippen LogP contribution >= 0.6 is 11.3 Å². The molecule has 4 rings (SSSR count). The van der Waals surface area contributed by atoms with E-state index in [0.29, 0.717) is 0 Å². The van der Waals surface area contributed by atoms with Gasteiger partial charge in [0.1, 0.15) is 22.2 Å². The first-order valence-corrected chi connectivity index (χ1v) is 11.7. The molecule has 0 saturated carbocycles. The number of ether oxygens (including phenoxy) is 2. The zero-order valence-corrected chi connectivity index (χ0v) is 20.0. The number of anilines is 1. The fourth-order valence-corrected chi connectivity index (χ4v) is 5.13. The van der Waals surface area contributed by atoms with Gasteiger partial charge in [-0.3, -0.25) is 4.90 Å². The number of thiophene rings is 1. The van der Waals surface area contributed by atoms with Gasteiger partial charge in [-0.05, 0) is 44.4 Å². The molecule has 0 bridgehead atoms. The number of hydrogen-bond acceptors (Lipinski definition) is 7. The molecule has 166 valence electrons. The number of morpholine rings is 1. The summed E-state index contributed by atoms with van der Waals surface area (Å²) in [6.45, 7) is 10.8. The minimum absolute atomic E-state index is 0.255. The topological polar surface area (TPSA) is 50.7 Å². The molecule has 0 unspecified atom stereocenters. The maximum Gasteiger partial charge on any atom is 0.146 e. The van der Waals surface area contributed by atoms with E-state index in [-0.39, 0.29) is 6.04 Å². The monoisotopic (exact) mass is 440 g/mol. The second-order valence-corrected chi connectivity index (χ2v) is 9.49. The smallest absolute Gasteiger partial charge is 0.146 e. The molecule has 1 atom stereocenters. The van der Waals surface area contributed by atoms with E-state index in [9.17, 15) is 0 Å². The number of hydrogen-bond donors (Lipinski definition) is 0. The summed E-state index contributed by atoms with van der Waals surface area (Å²) in [5, 5.41) is 1.18. The number of rotatable bonds is 7. The van der Waals surface area contributed by atoms with Crippen LogP contribution in [0.3, 0.4) is 0 Å². The summed E-state index contributed by atoms with van der Waals surface area (Å²) < 4.78 is 11.1. The lowest BCUT2D eigenvalue weighted by atomic mass is 10.0. The van der Waals surface area contributed by atoms with Crippen LogP contribution in [-0.4, -0.2) is 61.4 Å². The van der Waals surface area contributed by atoms with Crippen molar-refractivity contribution in [1.29, 1.82) is 0 Å². The fraction of sp³-hybridized carbons (Fsp3) is 0.500. The van der Waals surface area contributed by atoms with Crippen molar-refractivity contribution in [3.63, 3.8) is 0 Å². The molecular formula is C24H32N4O2S. The highest BCUT2D eigenvalue weighted by Gasteiger charge is 2.22. The van der Waals surface area contributed by atoms with Crippen molar-refractivity contribution in [2.24, 2.45) is 0 Å². The first-order chi connectivity index (χ1) is 15.0. The number of methoxy groups -OCH3 is 1. The predicted octanol–water partition coefficient (Wildman–Crippen LogP) is 4.22. The van der Waals surface area contributed by atoms with Crippen LogP contribution in [-0.2, 0) is 17.7 Å². The van der Waals surface area contributed by atoms with Crippen molar-refractivity contribution in [3.8, 4) is 5.75 Å². The minimum atomic E-state index is 0.255. The van der Waals surface area contributed by atoms with Crippen molar-refractivity contribution in [3.05, 3.63) is 46.1 Å². The third-order valence-electron chi connectivity index (χ3n) is 6.23. The first kappa shape index (κ1) is 22.0. The summed E-state index contributed by atoms with van der Waals surface area (Å²) in [6.07, 6.45) is 0.882. The maximum absolute atomic E-state index is 5.57. The molecule has 3 heterocycles. The number of aryl methyl sites for hydroxylation is 2. The molecular weight excluding hydrogens is 408 g/mol. The molecule has 0 N–H and O–H groups in total. The van der Waals surface area contributed by atoms with E-state index in [0.717, 1.165) is 61.5 Å². The molecule has 1 saturated heterocycles. The lowest BCUT2D eigenvalue weighted by molar-refractivity contribution is 0.0331. The van der Waals surface area contributed by atoms with E-state index in [4.69, 9.17) is 19.4 Å². The van der Waals surface area contributed by atoms with Crippen molar-refractivity contribution >= 4 is 27.4 Å². The summed E-state index contributed by atoms with van der Waals surface area (Å²) in [6, 6.07) is 8.51. The van der Waals surface area contributed by atoms with Gasteiger partial charge in [0, 0.05) is 31.1 Å². The summed E-state index contributed by atoms with van der Waals surface area (Å²) in [5.41, 5.74) is 2.49. The van der Waals surface area contributed by atoms with Gasteiger partial charge >= 0.3 is 0 Å². The zero-order chi connectivity index (χ0) is 22.0. The zero-order valence-electron chi connectivity index (χ0n) is 19.1. The van der Waals surface area contributed by atoms with Gasteiger partial charge in [-0.25, -0.2) is 9.97 Å². The Bertz CT molecular complexity index is 1050. The summed E-state index contributed by atoms with van der Waals surface area (Å²) in [7, 11) is 3.88. The standard InChI is InChI=1S/C24H32N4O2S/c1-16(14-19-8-6-7-9-20(19)29-5)27(4)23-22-17(2)18(3)31-24(22)26-21(25-23)15-28-10-12-30-13-11-28/h6-9,16H,10-15H2,1-5H3/t16-/m0/s1. The van der Waals surface area contributed by atoms with Crippen LogP contribution in [0.2, 0.25) is 0 Å². The van der Waals surface area contributed by atoms with Crippen LogP contribution in [0.15, 0.2) is 24.3 Å². The maximum atomic E-state index is 5.57. The second-order valence-electron chi connectivity index (χ2n) is 8.29. The normalized spacial score (nSPS) is 15.9. The van der Waals surface area contributed by atoms with Crippen LogP contribution in [0, 0.1) is 13.8 Å². The van der Waals surface area contributed by atoms with Gasteiger partial charge in [0.25, 0.3) is 0 Å². The molecule has 0 aliphatic carbocycles. The average Bonchev–Trinajstić information content (AvgIpc) is 3.07. The third-order valence-corrected chi connectivity index (χ3v) is 7.33. The predicted molar refractivity (Wildman–Crippen MR) is 128 cm³/mol. The van der Waals surface area contributed by atoms with E-state index >= 15 is 0 Å². The Balaban J connectivity index is 1.66. The highest BCUT2D eigenvalue weighted by Crippen LogP contribution is 2.36. The summed E-state index contributed by atoms with van der Waals surface area (Å²) in [4.78, 5) is 17.1. The second kappa shape index (κ2) is 9.51. The number of para-hydroxylation sites is 1. The molecule has 1 aromatic carbocycles. The van der Waals surface area contributed by atoms with Gasteiger partial charge < -0.3 is 14.4 Å². The van der Waals surface area contributed by atoms with Gasteiger partial charge in [0.2, 0.25) is 0 Å². The van der Waals surface area contributed by atoms with Gasteiger partial charge in [0.15, 0.2) is 0 Å². The highest BCUT2D eigenvalue weighted by molar-refractivity contribution is 7.18. The van der Waals surface area contributed by atoms with Crippen molar-refractivity contribution in [1.82, 2.24) is 14.9 Å². The average molecular weight is 441 g/mol. The number of nitrogens with zero attached hydrogens (tertiary/aromatic N) is 4. The molecule has 7 heteroatoms. The van der Waals surface area contributed by atoms with Gasteiger partial charge in [-0.2, -0.15) is 0 Å². The Morgan fingerprint density at radius 3 is 2.68 bits per heavy atom. The molecule has 0 radical (unpaired) electrons. The summed E-state index contributed by atoms with van der Waals surface area (Å²) >= 11 is 1.77. The van der Waals surface area contributed by atoms with Crippen molar-refractivity contribution in [2.75, 3.05) is 45.4 Å². The Hall–Kier alpha value is -2.22. The third kappa shape index (κ3) is 4.68. The van der Waals surface area contributed by atoms with Crippen molar-refractivity contribution in [2.45, 2.75) is 39.8 Å². The van der Waals surface area contributed by atoms with E-state index in [1.807, 2.05) is 12.1 Å². The Morgan fingerprint density at radius 2 is 1.94 bits per heavy atom. The largest absolute Gasteiger partial charge is 0.496 e. The highest BCUT2D eigenvalue weighted by atomic mass is 32.1. The lowest BCUT2D eigenvalue weighted by Gasteiger charge is -2.29. The van der Waals surface area contributed by atoms with E-state index < -0.39 is 0 Å². The van der Waals surface area contributed by atoms with E-state index in [2.05, 4.69) is 49.8 Å². The number of likely N-dealkylation sites (N-methyl/N-ethyl adjacent to an activating group) is 1. The van der Waals surface area contributed by atoms with Gasteiger partial charge in [-0.1, -0.05) is 18.2 Å². The first-order valence-electron chi connectivity index (χ1n) is 10.9. The minimum Gasteiger partial charge on any atom is -0.496 e. The van der Waals surface area contributed by atoms with Crippen LogP contribution in [0.25, 0.3) is 10.2 Å². The molecule has 6 nitrogen and oxygen atoms in total. The molecule has 2 aromatic heterocycles. The lowest BCUT2D eigenvalue weighted by Crippen LogP contribution is -2.36. The van der Waals surface area contributed by atoms with Gasteiger partial charge in [-0.15, -0.1) is 11.3 Å². The molecule has 3 aromatic rings. The quantitative estimate of drug-likeness (QED) is 0.548. The van der Waals surface area contributed by atoms with Crippen molar-refractivity contribution < 1.29 is 9.47 Å². The SMILES string of the molecule is COc1ccccc1C[C@H](C)N(C)c1nc(CN2CCOCC2)nc2sc(C)c(C)c12. The molecule has 31 heavy (non-hydrogen) atoms. The molecule has 1 aliphatic rings. The molecule has 1 fully saturated rings. The summed E-state index contributed by atoms with van der Waals surface area (Å²) in [5.74, 6) is 2.85. The fourth-order valence-electron chi connectivity index (χ4n) is 4.09. The molecule has 0 spiro atoms. The number of benzene rings is 1. The van der Waals surface area contributed by atoms with Crippen LogP contribution in [0.5, 0.6) is 5.75 Å². The molecule has 0 amide bonds. The Morgan fingerprint density at radius 1 is 1.19 bits per heavy atom. The Kier molecular flexibility index (Phi) is 6.74. The Labute approximate surface area is 188 Å². The number of aromatic nitrogens is 2. The number of fused-ring (bicyclic) bond motifs is 1. The van der Waals surface area contributed by atoms with E-state index in [1.165, 1.54) is 21.4 Å². The van der Waals surface area contributed by atoms with Gasteiger partial charge in [0.05, 0.1) is 32.3 Å². The van der Waals surface area contributed by atoms with Crippen LogP contribution in [0.4, 0.5) is 5.82 Å². The van der Waals surface area contributed by atoms with Crippen LogP contribution in [0.1, 0.15) is 28.8 Å². The molecule has 1 aliphatic heterocycles.